The van der Waals surface area contributed by atoms with Gasteiger partial charge in [0.2, 0.25) is 0 Å². The maximum Gasteiger partial charge on any atom is 0.119 e. The first kappa shape index (κ1) is 10.0. The van der Waals surface area contributed by atoms with Gasteiger partial charge >= 0.3 is 0 Å². The van der Waals surface area contributed by atoms with E-state index in [2.05, 4.69) is 17.4 Å². The van der Waals surface area contributed by atoms with E-state index in [-0.39, 0.29) is 0 Å². The molecular weight excluding hydrogens is 198 g/mol. The van der Waals surface area contributed by atoms with Gasteiger partial charge in [0.05, 0.1) is 7.11 Å². The molecule has 1 aliphatic carbocycles. The highest BCUT2D eigenvalue weighted by atomic mass is 16.5. The predicted molar refractivity (Wildman–Crippen MR) is 66.2 cm³/mol. The zero-order chi connectivity index (χ0) is 11.0. The van der Waals surface area contributed by atoms with E-state index in [4.69, 9.17) is 4.74 Å². The summed E-state index contributed by atoms with van der Waals surface area (Å²) >= 11 is 0. The second kappa shape index (κ2) is 4.00. The highest BCUT2D eigenvalue weighted by Crippen LogP contribution is 2.41. The Kier molecular flexibility index (Phi) is 2.50. The van der Waals surface area contributed by atoms with Gasteiger partial charge < -0.3 is 10.1 Å². The normalized spacial score (nSPS) is 23.4. The second-order valence-electron chi connectivity index (χ2n) is 5.06. The minimum atomic E-state index is 0.704. The van der Waals surface area contributed by atoms with Crippen molar-refractivity contribution in [2.75, 3.05) is 19.0 Å². The number of hydrogen-bond acceptors (Lipinski definition) is 2. The number of fused-ring (bicyclic) bond motifs is 1. The van der Waals surface area contributed by atoms with Gasteiger partial charge in [0.15, 0.2) is 0 Å². The molecule has 0 saturated heterocycles. The molecule has 0 aromatic heterocycles. The number of methoxy groups -OCH3 is 1. The number of anilines is 1. The largest absolute Gasteiger partial charge is 0.497 e. The smallest absolute Gasteiger partial charge is 0.119 e. The summed E-state index contributed by atoms with van der Waals surface area (Å²) in [4.78, 5) is 0. The van der Waals surface area contributed by atoms with E-state index in [9.17, 15) is 0 Å². The van der Waals surface area contributed by atoms with E-state index in [1.54, 1.807) is 7.11 Å². The molecule has 1 atom stereocenters. The van der Waals surface area contributed by atoms with E-state index in [0.717, 1.165) is 18.2 Å². The monoisotopic (exact) mass is 217 g/mol. The summed E-state index contributed by atoms with van der Waals surface area (Å²) in [5, 5.41) is 3.50. The molecule has 0 radical (unpaired) electrons. The van der Waals surface area contributed by atoms with Crippen molar-refractivity contribution in [2.24, 2.45) is 5.92 Å². The van der Waals surface area contributed by atoms with Gasteiger partial charge in [-0.05, 0) is 36.1 Å². The summed E-state index contributed by atoms with van der Waals surface area (Å²) in [6.45, 7) is 1.11. The third-order valence-electron chi connectivity index (χ3n) is 4.08. The molecule has 1 N–H and O–H groups in total. The van der Waals surface area contributed by atoms with E-state index in [1.165, 1.54) is 36.9 Å². The lowest BCUT2D eigenvalue weighted by molar-refractivity contribution is 0.280. The van der Waals surface area contributed by atoms with Crippen molar-refractivity contribution in [2.45, 2.75) is 31.6 Å². The molecule has 3 rings (SSSR count). The van der Waals surface area contributed by atoms with Crippen LogP contribution in [-0.4, -0.2) is 13.7 Å². The molecule has 1 fully saturated rings. The van der Waals surface area contributed by atoms with Gasteiger partial charge in [-0.2, -0.15) is 0 Å². The van der Waals surface area contributed by atoms with Gasteiger partial charge in [0.1, 0.15) is 5.75 Å². The third kappa shape index (κ3) is 1.66. The van der Waals surface area contributed by atoms with Crippen molar-refractivity contribution in [3.63, 3.8) is 0 Å². The van der Waals surface area contributed by atoms with E-state index < -0.39 is 0 Å². The Morgan fingerprint density at radius 3 is 2.94 bits per heavy atom. The topological polar surface area (TPSA) is 21.3 Å². The van der Waals surface area contributed by atoms with Crippen molar-refractivity contribution in [3.05, 3.63) is 23.8 Å². The molecule has 86 valence electrons. The lowest BCUT2D eigenvalue weighted by atomic mass is 9.78. The lowest BCUT2D eigenvalue weighted by Crippen LogP contribution is -2.16. The first-order chi connectivity index (χ1) is 7.86. The minimum Gasteiger partial charge on any atom is -0.497 e. The van der Waals surface area contributed by atoms with Crippen molar-refractivity contribution in [1.82, 2.24) is 0 Å². The molecule has 2 heteroatoms. The van der Waals surface area contributed by atoms with Gasteiger partial charge in [0.25, 0.3) is 0 Å². The first-order valence-electron chi connectivity index (χ1n) is 6.28. The lowest BCUT2D eigenvalue weighted by Gasteiger charge is -2.28. The Bertz CT molecular complexity index is 384. The molecule has 1 aromatic rings. The maximum atomic E-state index is 5.31. The average Bonchev–Trinajstić information content (AvgIpc) is 2.65. The molecule has 0 spiro atoms. The Labute approximate surface area is 97.0 Å². The van der Waals surface area contributed by atoms with Crippen LogP contribution >= 0.6 is 0 Å². The highest BCUT2D eigenvalue weighted by molar-refractivity contribution is 5.60. The van der Waals surface area contributed by atoms with Crippen molar-refractivity contribution < 1.29 is 4.74 Å². The van der Waals surface area contributed by atoms with E-state index in [0.29, 0.717) is 5.92 Å². The standard InChI is InChI=1S/C14H19NO/c1-16-12-5-6-14-13(8-12)11(9-15-14)7-10-3-2-4-10/h5-6,8,10-11,15H,2-4,7,9H2,1H3. The van der Waals surface area contributed by atoms with Crippen LogP contribution in [0.3, 0.4) is 0 Å². The van der Waals surface area contributed by atoms with Crippen LogP contribution in [0.25, 0.3) is 0 Å². The number of nitrogens with one attached hydrogen (secondary N) is 1. The van der Waals surface area contributed by atoms with Crippen molar-refractivity contribution in [1.29, 1.82) is 0 Å². The van der Waals surface area contributed by atoms with Gasteiger partial charge in [0, 0.05) is 18.2 Å². The van der Waals surface area contributed by atoms with Crippen LogP contribution in [0, 0.1) is 5.92 Å². The molecular formula is C14H19NO. The first-order valence-corrected chi connectivity index (χ1v) is 6.28. The summed E-state index contributed by atoms with van der Waals surface area (Å²) in [6.07, 6.45) is 5.68. The van der Waals surface area contributed by atoms with Crippen LogP contribution in [0.15, 0.2) is 18.2 Å². The van der Waals surface area contributed by atoms with Crippen LogP contribution in [0.5, 0.6) is 5.75 Å². The summed E-state index contributed by atoms with van der Waals surface area (Å²) in [5.74, 6) is 2.67. The molecule has 2 nitrogen and oxygen atoms in total. The Hall–Kier alpha value is -1.18. The van der Waals surface area contributed by atoms with Gasteiger partial charge in [-0.3, -0.25) is 0 Å². The fourth-order valence-electron chi connectivity index (χ4n) is 2.85. The van der Waals surface area contributed by atoms with Crippen molar-refractivity contribution >= 4 is 5.69 Å². The maximum absolute atomic E-state index is 5.31. The molecule has 2 aliphatic rings. The van der Waals surface area contributed by atoms with Gasteiger partial charge in [-0.15, -0.1) is 0 Å². The number of ether oxygens (including phenoxy) is 1. The summed E-state index contributed by atoms with van der Waals surface area (Å²) in [6, 6.07) is 6.39. The molecule has 16 heavy (non-hydrogen) atoms. The Morgan fingerprint density at radius 2 is 2.25 bits per heavy atom. The predicted octanol–water partition coefficient (Wildman–Crippen LogP) is 3.39. The van der Waals surface area contributed by atoms with Crippen LogP contribution in [-0.2, 0) is 0 Å². The molecule has 1 unspecified atom stereocenters. The Morgan fingerprint density at radius 1 is 1.38 bits per heavy atom. The third-order valence-corrected chi connectivity index (χ3v) is 4.08. The minimum absolute atomic E-state index is 0.704. The summed E-state index contributed by atoms with van der Waals surface area (Å²) < 4.78 is 5.31. The average molecular weight is 217 g/mol. The van der Waals surface area contributed by atoms with Gasteiger partial charge in [-0.1, -0.05) is 19.3 Å². The molecule has 1 saturated carbocycles. The fraction of sp³-hybridized carbons (Fsp3) is 0.571. The Balaban J connectivity index is 1.79. The number of benzene rings is 1. The summed E-state index contributed by atoms with van der Waals surface area (Å²) in [5.41, 5.74) is 2.77. The number of hydrogen-bond donors (Lipinski definition) is 1. The van der Waals surface area contributed by atoms with Crippen LogP contribution in [0.2, 0.25) is 0 Å². The van der Waals surface area contributed by atoms with E-state index >= 15 is 0 Å². The molecule has 0 amide bonds. The second-order valence-corrected chi connectivity index (χ2v) is 5.06. The number of rotatable bonds is 3. The van der Waals surface area contributed by atoms with Crippen LogP contribution < -0.4 is 10.1 Å². The molecule has 1 aliphatic heterocycles. The zero-order valence-corrected chi connectivity index (χ0v) is 9.83. The summed E-state index contributed by atoms with van der Waals surface area (Å²) in [7, 11) is 1.74. The molecule has 0 bridgehead atoms. The SMILES string of the molecule is COc1ccc2c(c1)C(CC1CCC1)CN2. The fourth-order valence-corrected chi connectivity index (χ4v) is 2.85. The van der Waals surface area contributed by atoms with Crippen molar-refractivity contribution in [3.8, 4) is 5.75 Å². The van der Waals surface area contributed by atoms with E-state index in [1.807, 2.05) is 6.07 Å². The van der Waals surface area contributed by atoms with Gasteiger partial charge in [-0.25, -0.2) is 0 Å². The zero-order valence-electron chi connectivity index (χ0n) is 9.83. The highest BCUT2D eigenvalue weighted by Gasteiger charge is 2.28. The van der Waals surface area contributed by atoms with Crippen LogP contribution in [0.1, 0.15) is 37.2 Å². The molecule has 1 heterocycles. The quantitative estimate of drug-likeness (QED) is 0.838. The van der Waals surface area contributed by atoms with Crippen LogP contribution in [0.4, 0.5) is 5.69 Å². The molecule has 1 aromatic carbocycles.